The van der Waals surface area contributed by atoms with E-state index < -0.39 is 0 Å². The molecule has 1 aliphatic carbocycles. The summed E-state index contributed by atoms with van der Waals surface area (Å²) in [6, 6.07) is 3.66. The maximum Gasteiger partial charge on any atom is 0.314 e. The van der Waals surface area contributed by atoms with Gasteiger partial charge >= 0.3 is 5.69 Å². The monoisotopic (exact) mass is 207 g/mol. The molecule has 2 rings (SSSR count). The molecule has 0 N–H and O–H groups in total. The predicted molar refractivity (Wildman–Crippen MR) is 56.3 cm³/mol. The molecule has 0 unspecified atom stereocenters. The molecular weight excluding hydrogens is 194 g/mol. The molecule has 0 atom stereocenters. The third-order valence-electron chi connectivity index (χ3n) is 2.70. The molecule has 0 aromatic heterocycles. The second kappa shape index (κ2) is 3.88. The van der Waals surface area contributed by atoms with Crippen LogP contribution >= 0.6 is 0 Å². The first-order chi connectivity index (χ1) is 7.24. The van der Waals surface area contributed by atoms with Crippen molar-refractivity contribution in [2.24, 2.45) is 0 Å². The van der Waals surface area contributed by atoms with Crippen LogP contribution in [0.15, 0.2) is 12.1 Å². The SMILES string of the molecule is CCOc1ccc2c(c1[N+](=O)[O-])CCC2. The number of nitrogens with zero attached hydrogens (tertiary/aromatic N) is 1. The number of ether oxygens (including phenoxy) is 1. The fraction of sp³-hybridized carbons (Fsp3) is 0.455. The number of hydrogen-bond donors (Lipinski definition) is 0. The van der Waals surface area contributed by atoms with Gasteiger partial charge in [-0.05, 0) is 37.8 Å². The average molecular weight is 207 g/mol. The minimum Gasteiger partial charge on any atom is -0.487 e. The topological polar surface area (TPSA) is 52.4 Å². The van der Waals surface area contributed by atoms with Gasteiger partial charge in [0.25, 0.3) is 0 Å². The van der Waals surface area contributed by atoms with Crippen molar-refractivity contribution in [2.75, 3.05) is 6.61 Å². The summed E-state index contributed by atoms with van der Waals surface area (Å²) in [5.74, 6) is 0.406. The van der Waals surface area contributed by atoms with Gasteiger partial charge in [0.2, 0.25) is 0 Å². The van der Waals surface area contributed by atoms with Gasteiger partial charge in [-0.1, -0.05) is 6.07 Å². The normalized spacial score (nSPS) is 13.7. The van der Waals surface area contributed by atoms with Crippen molar-refractivity contribution in [3.8, 4) is 5.75 Å². The number of fused-ring (bicyclic) bond motifs is 1. The van der Waals surface area contributed by atoms with Gasteiger partial charge in [0.15, 0.2) is 5.75 Å². The first-order valence-corrected chi connectivity index (χ1v) is 5.16. The molecule has 0 bridgehead atoms. The van der Waals surface area contributed by atoms with Crippen LogP contribution in [-0.2, 0) is 12.8 Å². The number of aryl methyl sites for hydroxylation is 1. The first-order valence-electron chi connectivity index (χ1n) is 5.16. The summed E-state index contributed by atoms with van der Waals surface area (Å²) in [4.78, 5) is 10.7. The van der Waals surface area contributed by atoms with Crippen molar-refractivity contribution < 1.29 is 9.66 Å². The van der Waals surface area contributed by atoms with Crippen LogP contribution in [0, 0.1) is 10.1 Å². The van der Waals surface area contributed by atoms with E-state index in [1.807, 2.05) is 13.0 Å². The second-order valence-electron chi connectivity index (χ2n) is 3.59. The van der Waals surface area contributed by atoms with Gasteiger partial charge in [-0.2, -0.15) is 0 Å². The number of rotatable bonds is 3. The Morgan fingerprint density at radius 2 is 2.27 bits per heavy atom. The maximum absolute atomic E-state index is 11.0. The Balaban J connectivity index is 2.53. The molecule has 80 valence electrons. The van der Waals surface area contributed by atoms with Crippen LogP contribution in [0.3, 0.4) is 0 Å². The lowest BCUT2D eigenvalue weighted by atomic mass is 10.1. The molecule has 0 heterocycles. The fourth-order valence-corrected chi connectivity index (χ4v) is 2.10. The molecule has 15 heavy (non-hydrogen) atoms. The van der Waals surface area contributed by atoms with E-state index in [1.54, 1.807) is 6.07 Å². The maximum atomic E-state index is 11.0. The summed E-state index contributed by atoms with van der Waals surface area (Å²) in [5.41, 5.74) is 2.14. The molecular formula is C11H13NO3. The summed E-state index contributed by atoms with van der Waals surface area (Å²) < 4.78 is 5.28. The third kappa shape index (κ3) is 1.67. The van der Waals surface area contributed by atoms with Gasteiger partial charge in [-0.3, -0.25) is 10.1 Å². The van der Waals surface area contributed by atoms with Crippen LogP contribution < -0.4 is 4.74 Å². The van der Waals surface area contributed by atoms with E-state index in [2.05, 4.69) is 0 Å². The van der Waals surface area contributed by atoms with Crippen LogP contribution in [-0.4, -0.2) is 11.5 Å². The van der Waals surface area contributed by atoms with Crippen LogP contribution in [0.1, 0.15) is 24.5 Å². The number of nitro benzene ring substituents is 1. The van der Waals surface area contributed by atoms with Crippen molar-refractivity contribution in [1.29, 1.82) is 0 Å². The summed E-state index contributed by atoms with van der Waals surface area (Å²) in [5, 5.41) is 11.0. The van der Waals surface area contributed by atoms with E-state index >= 15 is 0 Å². The van der Waals surface area contributed by atoms with E-state index in [1.165, 1.54) is 0 Å². The van der Waals surface area contributed by atoms with Crippen LogP contribution in [0.4, 0.5) is 5.69 Å². The lowest BCUT2D eigenvalue weighted by molar-refractivity contribution is -0.386. The number of nitro groups is 1. The minimum atomic E-state index is -0.324. The van der Waals surface area contributed by atoms with E-state index in [4.69, 9.17) is 4.74 Å². The van der Waals surface area contributed by atoms with Crippen molar-refractivity contribution in [3.05, 3.63) is 33.4 Å². The molecule has 4 nitrogen and oxygen atoms in total. The summed E-state index contributed by atoms with van der Waals surface area (Å²) in [6.45, 7) is 2.29. The molecule has 0 fully saturated rings. The molecule has 0 saturated carbocycles. The summed E-state index contributed by atoms with van der Waals surface area (Å²) in [7, 11) is 0. The molecule has 1 aromatic rings. The molecule has 0 spiro atoms. The smallest absolute Gasteiger partial charge is 0.314 e. The Hall–Kier alpha value is -1.58. The van der Waals surface area contributed by atoms with Gasteiger partial charge < -0.3 is 4.74 Å². The van der Waals surface area contributed by atoms with Gasteiger partial charge in [-0.15, -0.1) is 0 Å². The van der Waals surface area contributed by atoms with Gasteiger partial charge in [0, 0.05) is 5.56 Å². The van der Waals surface area contributed by atoms with Crippen LogP contribution in [0.2, 0.25) is 0 Å². The van der Waals surface area contributed by atoms with Crippen molar-refractivity contribution in [3.63, 3.8) is 0 Å². The quantitative estimate of drug-likeness (QED) is 0.565. The van der Waals surface area contributed by atoms with Crippen LogP contribution in [0.5, 0.6) is 5.75 Å². The Morgan fingerprint density at radius 3 is 2.93 bits per heavy atom. The minimum absolute atomic E-state index is 0.173. The lowest BCUT2D eigenvalue weighted by Gasteiger charge is -2.07. The standard InChI is InChI=1S/C11H13NO3/c1-2-15-10-7-6-8-4-3-5-9(8)11(10)12(13)14/h6-7H,2-5H2,1H3. The Bertz CT molecular complexity index is 401. The third-order valence-corrected chi connectivity index (χ3v) is 2.70. The van der Waals surface area contributed by atoms with Gasteiger partial charge in [0.05, 0.1) is 11.5 Å². The first kappa shape index (κ1) is 9.96. The Kier molecular flexibility index (Phi) is 2.58. The Morgan fingerprint density at radius 1 is 1.47 bits per heavy atom. The number of hydrogen-bond acceptors (Lipinski definition) is 3. The predicted octanol–water partition coefficient (Wildman–Crippen LogP) is 2.48. The summed E-state index contributed by atoms with van der Waals surface area (Å²) >= 11 is 0. The Labute approximate surface area is 88.0 Å². The molecule has 1 aliphatic rings. The second-order valence-corrected chi connectivity index (χ2v) is 3.59. The molecule has 4 heteroatoms. The average Bonchev–Trinajstić information content (AvgIpc) is 2.64. The van der Waals surface area contributed by atoms with Crippen molar-refractivity contribution in [1.82, 2.24) is 0 Å². The van der Waals surface area contributed by atoms with E-state index in [0.717, 1.165) is 30.4 Å². The zero-order chi connectivity index (χ0) is 10.8. The lowest BCUT2D eigenvalue weighted by Crippen LogP contribution is -2.01. The van der Waals surface area contributed by atoms with Crippen molar-refractivity contribution >= 4 is 5.69 Å². The van der Waals surface area contributed by atoms with Gasteiger partial charge in [0.1, 0.15) is 0 Å². The molecule has 1 aromatic carbocycles. The largest absolute Gasteiger partial charge is 0.487 e. The van der Waals surface area contributed by atoms with E-state index in [0.29, 0.717) is 12.4 Å². The highest BCUT2D eigenvalue weighted by Crippen LogP contribution is 2.37. The highest BCUT2D eigenvalue weighted by atomic mass is 16.6. The molecule has 0 amide bonds. The highest BCUT2D eigenvalue weighted by Gasteiger charge is 2.26. The highest BCUT2D eigenvalue weighted by molar-refractivity contribution is 5.57. The summed E-state index contributed by atoms with van der Waals surface area (Å²) in [6.07, 6.45) is 2.75. The van der Waals surface area contributed by atoms with E-state index in [9.17, 15) is 10.1 Å². The van der Waals surface area contributed by atoms with Crippen molar-refractivity contribution in [2.45, 2.75) is 26.2 Å². The zero-order valence-corrected chi connectivity index (χ0v) is 8.66. The zero-order valence-electron chi connectivity index (χ0n) is 8.66. The fourth-order valence-electron chi connectivity index (χ4n) is 2.10. The van der Waals surface area contributed by atoms with E-state index in [-0.39, 0.29) is 10.6 Å². The molecule has 0 aliphatic heterocycles. The van der Waals surface area contributed by atoms with Gasteiger partial charge in [-0.25, -0.2) is 0 Å². The molecule has 0 saturated heterocycles. The van der Waals surface area contributed by atoms with Crippen LogP contribution in [0.25, 0.3) is 0 Å². The number of benzene rings is 1. The molecule has 0 radical (unpaired) electrons.